The van der Waals surface area contributed by atoms with Gasteiger partial charge >= 0.3 is 0 Å². The van der Waals surface area contributed by atoms with Crippen LogP contribution in [0.3, 0.4) is 0 Å². The van der Waals surface area contributed by atoms with Crippen molar-refractivity contribution in [2.24, 2.45) is 0 Å². The maximum Gasteiger partial charge on any atom is 0.136 e. The summed E-state index contributed by atoms with van der Waals surface area (Å²) in [6, 6.07) is 0. The Labute approximate surface area is 53.3 Å². The molecule has 0 unspecified atom stereocenters. The fourth-order valence-electron chi connectivity index (χ4n) is 0.681. The molecule has 0 bridgehead atoms. The highest BCUT2D eigenvalue weighted by molar-refractivity contribution is 5.27. The van der Waals surface area contributed by atoms with Gasteiger partial charge in [0.2, 0.25) is 0 Å². The predicted molar refractivity (Wildman–Crippen MR) is 33.9 cm³/mol. The van der Waals surface area contributed by atoms with Crippen LogP contribution in [0.15, 0.2) is 23.6 Å². The van der Waals surface area contributed by atoms with Gasteiger partial charge in [-0.1, -0.05) is 6.08 Å². The van der Waals surface area contributed by atoms with Gasteiger partial charge in [-0.2, -0.15) is 0 Å². The van der Waals surface area contributed by atoms with Gasteiger partial charge in [0.25, 0.3) is 0 Å². The number of aliphatic hydroxyl groups excluding tert-OH is 2. The molecule has 9 heavy (non-hydrogen) atoms. The molecule has 3 N–H and O–H groups in total. The second-order valence-corrected chi connectivity index (χ2v) is 1.83. The molecule has 1 aliphatic rings. The van der Waals surface area contributed by atoms with E-state index in [4.69, 9.17) is 10.2 Å². The summed E-state index contributed by atoms with van der Waals surface area (Å²) in [5.41, 5.74) is 0.591. The minimum atomic E-state index is -0.0932. The third-order valence-electron chi connectivity index (χ3n) is 1.20. The molecule has 0 aromatic heterocycles. The average molecular weight is 127 g/mol. The summed E-state index contributed by atoms with van der Waals surface area (Å²) in [6.45, 7) is 0.587. The maximum absolute atomic E-state index is 8.94. The molecule has 3 nitrogen and oxygen atoms in total. The van der Waals surface area contributed by atoms with Gasteiger partial charge in [-0.3, -0.25) is 0 Å². The normalized spacial score (nSPS) is 17.9. The molecule has 0 amide bonds. The molecule has 0 aromatic rings. The van der Waals surface area contributed by atoms with E-state index in [2.05, 4.69) is 5.32 Å². The Morgan fingerprint density at radius 1 is 1.67 bits per heavy atom. The second kappa shape index (κ2) is 2.55. The molecule has 1 aliphatic heterocycles. The lowest BCUT2D eigenvalue weighted by atomic mass is 10.2. The van der Waals surface area contributed by atoms with Gasteiger partial charge in [0.15, 0.2) is 0 Å². The van der Waals surface area contributed by atoms with E-state index in [1.807, 2.05) is 0 Å². The summed E-state index contributed by atoms with van der Waals surface area (Å²) >= 11 is 0. The topological polar surface area (TPSA) is 52.5 Å². The van der Waals surface area contributed by atoms with Crippen LogP contribution in [0.5, 0.6) is 0 Å². The van der Waals surface area contributed by atoms with Crippen molar-refractivity contribution in [2.45, 2.75) is 0 Å². The van der Waals surface area contributed by atoms with Crippen LogP contribution in [0.25, 0.3) is 0 Å². The first-order valence-corrected chi connectivity index (χ1v) is 2.77. The lowest BCUT2D eigenvalue weighted by Gasteiger charge is -2.08. The van der Waals surface area contributed by atoms with Gasteiger partial charge in [0.1, 0.15) is 5.76 Å². The summed E-state index contributed by atoms with van der Waals surface area (Å²) in [4.78, 5) is 0. The molecular weight excluding hydrogens is 118 g/mol. The molecule has 0 fully saturated rings. The van der Waals surface area contributed by atoms with Gasteiger partial charge in [0, 0.05) is 18.3 Å². The number of aliphatic hydroxyl groups is 2. The molecule has 0 spiro atoms. The van der Waals surface area contributed by atoms with Crippen molar-refractivity contribution in [3.8, 4) is 0 Å². The summed E-state index contributed by atoms with van der Waals surface area (Å²) in [6.07, 6.45) is 3.22. The van der Waals surface area contributed by atoms with E-state index in [0.717, 1.165) is 0 Å². The number of nitrogens with one attached hydrogen (secondary N) is 1. The first-order chi connectivity index (χ1) is 4.34. The average Bonchev–Trinajstić information content (AvgIpc) is 1.89. The van der Waals surface area contributed by atoms with E-state index in [9.17, 15) is 0 Å². The van der Waals surface area contributed by atoms with E-state index < -0.39 is 0 Å². The highest BCUT2D eigenvalue weighted by atomic mass is 16.3. The number of hydrogen-bond donors (Lipinski definition) is 3. The molecule has 1 rings (SSSR count). The van der Waals surface area contributed by atoms with Gasteiger partial charge in [-0.15, -0.1) is 0 Å². The van der Waals surface area contributed by atoms with Gasteiger partial charge < -0.3 is 15.5 Å². The van der Waals surface area contributed by atoms with E-state index in [0.29, 0.717) is 12.1 Å². The van der Waals surface area contributed by atoms with Crippen molar-refractivity contribution in [3.63, 3.8) is 0 Å². The van der Waals surface area contributed by atoms with Crippen LogP contribution in [0.4, 0.5) is 0 Å². The molecule has 0 aromatic carbocycles. The van der Waals surface area contributed by atoms with Gasteiger partial charge in [-0.25, -0.2) is 0 Å². The van der Waals surface area contributed by atoms with Crippen molar-refractivity contribution in [2.75, 3.05) is 13.2 Å². The van der Waals surface area contributed by atoms with Crippen molar-refractivity contribution < 1.29 is 10.2 Å². The highest BCUT2D eigenvalue weighted by Crippen LogP contribution is 2.06. The van der Waals surface area contributed by atoms with E-state index in [1.54, 1.807) is 6.08 Å². The van der Waals surface area contributed by atoms with Crippen molar-refractivity contribution in [3.05, 3.63) is 23.6 Å². The monoisotopic (exact) mass is 127 g/mol. The third kappa shape index (κ3) is 1.23. The van der Waals surface area contributed by atoms with Crippen molar-refractivity contribution in [1.82, 2.24) is 5.32 Å². The predicted octanol–water partition coefficient (Wildman–Crippen LogP) is -0.0923. The number of dihydropyridines is 1. The van der Waals surface area contributed by atoms with Gasteiger partial charge in [0.05, 0.1) is 6.61 Å². The lowest BCUT2D eigenvalue weighted by molar-refractivity contribution is 0.311. The Hall–Kier alpha value is -0.960. The fourth-order valence-corrected chi connectivity index (χ4v) is 0.681. The number of rotatable bonds is 1. The van der Waals surface area contributed by atoms with Crippen LogP contribution < -0.4 is 5.32 Å². The zero-order chi connectivity index (χ0) is 6.69. The van der Waals surface area contributed by atoms with E-state index in [-0.39, 0.29) is 12.4 Å². The molecular formula is C6H9NO2. The summed E-state index contributed by atoms with van der Waals surface area (Å²) in [7, 11) is 0. The van der Waals surface area contributed by atoms with Crippen LogP contribution in [0, 0.1) is 0 Å². The standard InChI is InChI=1S/C6H9NO2/c8-4-5-1-2-7-3-6(5)9/h1,3,7-9H,2,4H2. The summed E-state index contributed by atoms with van der Waals surface area (Å²) in [5, 5.41) is 20.3. The highest BCUT2D eigenvalue weighted by Gasteiger charge is 2.03. The molecule has 0 atom stereocenters. The molecule has 0 aliphatic carbocycles. The van der Waals surface area contributed by atoms with Crippen LogP contribution >= 0.6 is 0 Å². The Balaban J connectivity index is 2.68. The first-order valence-electron chi connectivity index (χ1n) is 2.77. The Bertz CT molecular complexity index is 160. The van der Waals surface area contributed by atoms with E-state index in [1.165, 1.54) is 6.20 Å². The molecule has 0 saturated heterocycles. The van der Waals surface area contributed by atoms with Crippen molar-refractivity contribution in [1.29, 1.82) is 0 Å². The van der Waals surface area contributed by atoms with Crippen LogP contribution in [0.1, 0.15) is 0 Å². The zero-order valence-corrected chi connectivity index (χ0v) is 4.96. The fraction of sp³-hybridized carbons (Fsp3) is 0.333. The quantitative estimate of drug-likeness (QED) is 0.461. The molecule has 0 radical (unpaired) electrons. The summed E-state index contributed by atoms with van der Waals surface area (Å²) in [5.74, 6) is 0.128. The van der Waals surface area contributed by atoms with Crippen LogP contribution in [-0.4, -0.2) is 23.4 Å². The minimum Gasteiger partial charge on any atom is -0.506 e. The molecule has 50 valence electrons. The first kappa shape index (κ1) is 6.16. The van der Waals surface area contributed by atoms with Crippen LogP contribution in [-0.2, 0) is 0 Å². The number of hydrogen-bond acceptors (Lipinski definition) is 3. The van der Waals surface area contributed by atoms with Crippen molar-refractivity contribution >= 4 is 0 Å². The second-order valence-electron chi connectivity index (χ2n) is 1.83. The largest absolute Gasteiger partial charge is 0.506 e. The minimum absolute atomic E-state index is 0.0932. The summed E-state index contributed by atoms with van der Waals surface area (Å²) < 4.78 is 0. The lowest BCUT2D eigenvalue weighted by Crippen LogP contribution is -2.14. The molecule has 1 heterocycles. The molecule has 3 heteroatoms. The smallest absolute Gasteiger partial charge is 0.136 e. The SMILES string of the molecule is OCC1=CCNC=C1O. The Kier molecular flexibility index (Phi) is 1.75. The maximum atomic E-state index is 8.94. The van der Waals surface area contributed by atoms with Crippen LogP contribution in [0.2, 0.25) is 0 Å². The Morgan fingerprint density at radius 3 is 2.89 bits per heavy atom. The zero-order valence-electron chi connectivity index (χ0n) is 4.96. The Morgan fingerprint density at radius 2 is 2.44 bits per heavy atom. The van der Waals surface area contributed by atoms with Gasteiger partial charge in [-0.05, 0) is 0 Å². The molecule has 0 saturated carbocycles. The third-order valence-corrected chi connectivity index (χ3v) is 1.20. The van der Waals surface area contributed by atoms with E-state index >= 15 is 0 Å².